The van der Waals surface area contributed by atoms with Gasteiger partial charge in [-0.2, -0.15) is 0 Å². The van der Waals surface area contributed by atoms with Crippen molar-refractivity contribution >= 4 is 6.03 Å². The smallest absolute Gasteiger partial charge is 0.316 e. The van der Waals surface area contributed by atoms with E-state index in [0.29, 0.717) is 13.1 Å². The summed E-state index contributed by atoms with van der Waals surface area (Å²) < 4.78 is 12.8. The molecular weight excluding hydrogens is 247 g/mol. The summed E-state index contributed by atoms with van der Waals surface area (Å²) in [4.78, 5) is 16.8. The number of hydrogen-bond donors (Lipinski definition) is 2. The largest absolute Gasteiger partial charge is 0.337 e. The van der Waals surface area contributed by atoms with Crippen molar-refractivity contribution in [1.29, 1.82) is 0 Å². The molecule has 0 spiro atoms. The van der Waals surface area contributed by atoms with Gasteiger partial charge in [0.05, 0.1) is 11.9 Å². The SMILES string of the molecule is CCC(NCCNC(=O)N(C)C)c1ccc(F)cn1. The van der Waals surface area contributed by atoms with Gasteiger partial charge in [0.1, 0.15) is 5.82 Å². The molecule has 19 heavy (non-hydrogen) atoms. The second-order valence-electron chi connectivity index (χ2n) is 4.44. The van der Waals surface area contributed by atoms with E-state index < -0.39 is 0 Å². The molecular formula is C13H21FN4O. The first kappa shape index (κ1) is 15.4. The lowest BCUT2D eigenvalue weighted by atomic mass is 10.1. The van der Waals surface area contributed by atoms with Crippen molar-refractivity contribution in [3.8, 4) is 0 Å². The van der Waals surface area contributed by atoms with E-state index in [1.54, 1.807) is 20.2 Å². The van der Waals surface area contributed by atoms with E-state index in [4.69, 9.17) is 0 Å². The molecule has 0 aliphatic heterocycles. The van der Waals surface area contributed by atoms with E-state index in [1.807, 2.05) is 6.92 Å². The number of nitrogens with one attached hydrogen (secondary N) is 2. The molecule has 0 saturated heterocycles. The summed E-state index contributed by atoms with van der Waals surface area (Å²) in [5, 5.41) is 6.05. The molecule has 0 aliphatic carbocycles. The van der Waals surface area contributed by atoms with E-state index >= 15 is 0 Å². The molecule has 2 N–H and O–H groups in total. The maximum Gasteiger partial charge on any atom is 0.316 e. The highest BCUT2D eigenvalue weighted by molar-refractivity contribution is 5.73. The van der Waals surface area contributed by atoms with Crippen LogP contribution in [0.5, 0.6) is 0 Å². The zero-order valence-corrected chi connectivity index (χ0v) is 11.6. The zero-order valence-electron chi connectivity index (χ0n) is 11.6. The number of nitrogens with zero attached hydrogens (tertiary/aromatic N) is 2. The van der Waals surface area contributed by atoms with Crippen molar-refractivity contribution < 1.29 is 9.18 Å². The van der Waals surface area contributed by atoms with Gasteiger partial charge in [-0.1, -0.05) is 6.92 Å². The van der Waals surface area contributed by atoms with Gasteiger partial charge in [-0.15, -0.1) is 0 Å². The second kappa shape index (κ2) is 7.68. The molecule has 0 aliphatic rings. The van der Waals surface area contributed by atoms with Crippen LogP contribution in [0, 0.1) is 5.82 Å². The van der Waals surface area contributed by atoms with Gasteiger partial charge in [-0.3, -0.25) is 4.98 Å². The summed E-state index contributed by atoms with van der Waals surface area (Å²) in [5.74, 6) is -0.336. The Balaban J connectivity index is 2.37. The normalized spacial score (nSPS) is 12.0. The van der Waals surface area contributed by atoms with Gasteiger partial charge in [0, 0.05) is 33.2 Å². The van der Waals surface area contributed by atoms with Gasteiger partial charge in [-0.25, -0.2) is 9.18 Å². The highest BCUT2D eigenvalue weighted by Gasteiger charge is 2.10. The fourth-order valence-electron chi connectivity index (χ4n) is 1.63. The third kappa shape index (κ3) is 5.21. The Kier molecular flexibility index (Phi) is 6.21. The maximum absolute atomic E-state index is 12.8. The van der Waals surface area contributed by atoms with Gasteiger partial charge in [-0.05, 0) is 18.6 Å². The molecule has 1 unspecified atom stereocenters. The Morgan fingerprint density at radius 1 is 1.42 bits per heavy atom. The van der Waals surface area contributed by atoms with E-state index in [1.165, 1.54) is 17.2 Å². The molecule has 5 nitrogen and oxygen atoms in total. The average Bonchev–Trinajstić information content (AvgIpc) is 2.40. The molecule has 0 aromatic carbocycles. The lowest BCUT2D eigenvalue weighted by molar-refractivity contribution is 0.217. The van der Waals surface area contributed by atoms with Gasteiger partial charge in [0.15, 0.2) is 0 Å². The van der Waals surface area contributed by atoms with Crippen molar-refractivity contribution in [2.24, 2.45) is 0 Å². The van der Waals surface area contributed by atoms with E-state index in [2.05, 4.69) is 15.6 Å². The second-order valence-corrected chi connectivity index (χ2v) is 4.44. The predicted octanol–water partition coefficient (Wildman–Crippen LogP) is 1.53. The fourth-order valence-corrected chi connectivity index (χ4v) is 1.63. The molecule has 1 heterocycles. The Hall–Kier alpha value is -1.69. The number of hydrogen-bond acceptors (Lipinski definition) is 3. The molecule has 106 valence electrons. The van der Waals surface area contributed by atoms with E-state index in [-0.39, 0.29) is 17.9 Å². The first-order valence-electron chi connectivity index (χ1n) is 6.34. The van der Waals surface area contributed by atoms with Crippen molar-refractivity contribution in [3.05, 3.63) is 29.8 Å². The van der Waals surface area contributed by atoms with E-state index in [9.17, 15) is 9.18 Å². The van der Waals surface area contributed by atoms with Crippen molar-refractivity contribution in [1.82, 2.24) is 20.5 Å². The minimum absolute atomic E-state index is 0.0665. The van der Waals surface area contributed by atoms with Gasteiger partial charge in [0.25, 0.3) is 0 Å². The number of rotatable bonds is 6. The molecule has 0 radical (unpaired) electrons. The molecule has 2 amide bonds. The minimum atomic E-state index is -0.336. The molecule has 1 aromatic rings. The summed E-state index contributed by atoms with van der Waals surface area (Å²) >= 11 is 0. The fraction of sp³-hybridized carbons (Fsp3) is 0.538. The number of halogens is 1. The van der Waals surface area contributed by atoms with Crippen LogP contribution in [0.2, 0.25) is 0 Å². The van der Waals surface area contributed by atoms with Crippen LogP contribution < -0.4 is 10.6 Å². The topological polar surface area (TPSA) is 57.3 Å². The molecule has 0 saturated carbocycles. The lowest BCUT2D eigenvalue weighted by Gasteiger charge is -2.17. The number of urea groups is 1. The summed E-state index contributed by atoms with van der Waals surface area (Å²) in [5.41, 5.74) is 0.808. The number of aromatic nitrogens is 1. The maximum atomic E-state index is 12.8. The van der Waals surface area contributed by atoms with Crippen LogP contribution in [-0.4, -0.2) is 43.1 Å². The van der Waals surface area contributed by atoms with E-state index in [0.717, 1.165) is 12.1 Å². The van der Waals surface area contributed by atoms with Crippen molar-refractivity contribution in [2.45, 2.75) is 19.4 Å². The van der Waals surface area contributed by atoms with Crippen LogP contribution in [0.15, 0.2) is 18.3 Å². The minimum Gasteiger partial charge on any atom is -0.337 e. The average molecular weight is 268 g/mol. The van der Waals surface area contributed by atoms with Crippen LogP contribution in [0.4, 0.5) is 9.18 Å². The van der Waals surface area contributed by atoms with Crippen molar-refractivity contribution in [2.75, 3.05) is 27.2 Å². The molecule has 6 heteroatoms. The van der Waals surface area contributed by atoms with Crippen LogP contribution in [0.3, 0.4) is 0 Å². The highest BCUT2D eigenvalue weighted by atomic mass is 19.1. The molecule has 0 bridgehead atoms. The molecule has 1 atom stereocenters. The van der Waals surface area contributed by atoms with Crippen LogP contribution in [0.25, 0.3) is 0 Å². The highest BCUT2D eigenvalue weighted by Crippen LogP contribution is 2.13. The summed E-state index contributed by atoms with van der Waals surface area (Å²) in [6.45, 7) is 3.20. The van der Waals surface area contributed by atoms with Crippen LogP contribution >= 0.6 is 0 Å². The first-order valence-corrected chi connectivity index (χ1v) is 6.34. The van der Waals surface area contributed by atoms with Gasteiger partial charge >= 0.3 is 6.03 Å². The van der Waals surface area contributed by atoms with Gasteiger partial charge in [0.2, 0.25) is 0 Å². The monoisotopic (exact) mass is 268 g/mol. The number of pyridine rings is 1. The summed E-state index contributed by atoms with van der Waals surface area (Å²) in [6.07, 6.45) is 2.06. The number of carbonyl (C=O) groups excluding carboxylic acids is 1. The Morgan fingerprint density at radius 3 is 2.68 bits per heavy atom. The number of amides is 2. The van der Waals surface area contributed by atoms with Crippen LogP contribution in [-0.2, 0) is 0 Å². The van der Waals surface area contributed by atoms with Crippen molar-refractivity contribution in [3.63, 3.8) is 0 Å². The predicted molar refractivity (Wildman–Crippen MR) is 72.3 cm³/mol. The molecule has 1 aromatic heterocycles. The van der Waals surface area contributed by atoms with Gasteiger partial charge < -0.3 is 15.5 Å². The quantitative estimate of drug-likeness (QED) is 0.769. The Morgan fingerprint density at radius 2 is 2.16 bits per heavy atom. The Bertz CT molecular complexity index is 394. The third-order valence-electron chi connectivity index (χ3n) is 2.71. The summed E-state index contributed by atoms with van der Waals surface area (Å²) in [6, 6.07) is 3.03. The van der Waals surface area contributed by atoms with Crippen LogP contribution in [0.1, 0.15) is 25.1 Å². The lowest BCUT2D eigenvalue weighted by Crippen LogP contribution is -2.39. The molecule has 1 rings (SSSR count). The summed E-state index contributed by atoms with van der Waals surface area (Å²) in [7, 11) is 3.39. The molecule has 0 fully saturated rings. The third-order valence-corrected chi connectivity index (χ3v) is 2.71. The zero-order chi connectivity index (χ0) is 14.3. The Labute approximate surface area is 113 Å². The first-order chi connectivity index (χ1) is 9.04. The number of carbonyl (C=O) groups is 1. The standard InChI is InChI=1S/C13H21FN4O/c1-4-11(12-6-5-10(14)9-17-12)15-7-8-16-13(19)18(2)3/h5-6,9,11,15H,4,7-8H2,1-3H3,(H,16,19).